The molecule has 0 saturated carbocycles. The first-order chi connectivity index (χ1) is 6.27. The van der Waals surface area contributed by atoms with Crippen LogP contribution in [0.4, 0.5) is 0 Å². The van der Waals surface area contributed by atoms with Crippen LogP contribution in [0.2, 0.25) is 0 Å². The average molecular weight is 179 g/mol. The van der Waals surface area contributed by atoms with Crippen LogP contribution in [0.15, 0.2) is 18.7 Å². The fourth-order valence-corrected chi connectivity index (χ4v) is 0.944. The minimum absolute atomic E-state index is 0.0606. The summed E-state index contributed by atoms with van der Waals surface area (Å²) in [6, 6.07) is 0. The first-order valence-corrected chi connectivity index (χ1v) is 3.55. The van der Waals surface area contributed by atoms with Gasteiger partial charge in [0.05, 0.1) is 7.05 Å². The SMILES string of the molecule is Cn1nnnc1-[n+]1cncc(O)c1. The first kappa shape index (κ1) is 7.59. The van der Waals surface area contributed by atoms with Crippen molar-refractivity contribution in [1.82, 2.24) is 25.2 Å². The molecule has 0 aromatic carbocycles. The van der Waals surface area contributed by atoms with E-state index in [1.54, 1.807) is 7.05 Å². The second-order valence-corrected chi connectivity index (χ2v) is 2.46. The maximum Gasteiger partial charge on any atom is 0.402 e. The summed E-state index contributed by atoms with van der Waals surface area (Å²) in [5, 5.41) is 20.0. The van der Waals surface area contributed by atoms with Crippen molar-refractivity contribution in [3.8, 4) is 11.7 Å². The molecule has 2 aromatic heterocycles. The molecular formula is C6H7N6O+. The lowest BCUT2D eigenvalue weighted by Gasteiger charge is -1.94. The molecule has 0 atom stereocenters. The predicted molar refractivity (Wildman–Crippen MR) is 39.8 cm³/mol. The third-order valence-electron chi connectivity index (χ3n) is 1.50. The van der Waals surface area contributed by atoms with Gasteiger partial charge in [0, 0.05) is 15.5 Å². The van der Waals surface area contributed by atoms with E-state index in [1.165, 1.54) is 28.0 Å². The lowest BCUT2D eigenvalue weighted by atomic mass is 10.6. The van der Waals surface area contributed by atoms with E-state index < -0.39 is 0 Å². The van der Waals surface area contributed by atoms with Gasteiger partial charge in [-0.05, 0) is 0 Å². The molecule has 0 spiro atoms. The van der Waals surface area contributed by atoms with Crippen LogP contribution in [0.3, 0.4) is 0 Å². The molecule has 0 aliphatic heterocycles. The summed E-state index contributed by atoms with van der Waals surface area (Å²) in [4.78, 5) is 3.79. The molecule has 0 radical (unpaired) electrons. The van der Waals surface area contributed by atoms with Gasteiger partial charge >= 0.3 is 5.95 Å². The molecule has 0 unspecified atom stereocenters. The summed E-state index contributed by atoms with van der Waals surface area (Å²) in [6.45, 7) is 0. The number of aromatic nitrogens is 6. The van der Waals surface area contributed by atoms with E-state index in [1.807, 2.05) is 0 Å². The molecule has 66 valence electrons. The highest BCUT2D eigenvalue weighted by Gasteiger charge is 2.12. The number of rotatable bonds is 1. The smallest absolute Gasteiger partial charge is 0.402 e. The van der Waals surface area contributed by atoms with Gasteiger partial charge in [-0.25, -0.2) is 0 Å². The van der Waals surface area contributed by atoms with Crippen LogP contribution < -0.4 is 4.57 Å². The Kier molecular flexibility index (Phi) is 1.62. The molecule has 7 nitrogen and oxygen atoms in total. The van der Waals surface area contributed by atoms with Crippen molar-refractivity contribution in [2.45, 2.75) is 0 Å². The summed E-state index contributed by atoms with van der Waals surface area (Å²) < 4.78 is 3.00. The first-order valence-electron chi connectivity index (χ1n) is 3.55. The van der Waals surface area contributed by atoms with Crippen LogP contribution in [0, 0.1) is 0 Å². The third kappa shape index (κ3) is 1.31. The molecule has 0 aliphatic carbocycles. The zero-order valence-electron chi connectivity index (χ0n) is 6.86. The Balaban J connectivity index is 2.53. The molecule has 0 amide bonds. The van der Waals surface area contributed by atoms with Gasteiger partial charge in [0.15, 0.2) is 12.1 Å². The van der Waals surface area contributed by atoms with E-state index in [0.29, 0.717) is 5.95 Å². The molecule has 1 N–H and O–H groups in total. The van der Waals surface area contributed by atoms with Gasteiger partial charge in [0.1, 0.15) is 12.4 Å². The molecule has 0 saturated heterocycles. The van der Waals surface area contributed by atoms with Crippen molar-refractivity contribution in [2.75, 3.05) is 0 Å². The zero-order chi connectivity index (χ0) is 9.26. The third-order valence-corrected chi connectivity index (χ3v) is 1.50. The Labute approximate surface area is 73.3 Å². The van der Waals surface area contributed by atoms with Crippen LogP contribution in [0.5, 0.6) is 5.75 Å². The van der Waals surface area contributed by atoms with Crippen LogP contribution in [-0.2, 0) is 7.05 Å². The van der Waals surface area contributed by atoms with E-state index >= 15 is 0 Å². The van der Waals surface area contributed by atoms with Crippen LogP contribution in [-0.4, -0.2) is 30.3 Å². The number of aryl methyl sites for hydroxylation is 1. The Bertz CT molecular complexity index is 425. The Hall–Kier alpha value is -2.05. The minimum atomic E-state index is 0.0606. The van der Waals surface area contributed by atoms with Gasteiger partial charge in [-0.15, -0.1) is 9.67 Å². The fraction of sp³-hybridized carbons (Fsp3) is 0.167. The lowest BCUT2D eigenvalue weighted by molar-refractivity contribution is -0.609. The molecule has 2 heterocycles. The fourth-order valence-electron chi connectivity index (χ4n) is 0.944. The summed E-state index contributed by atoms with van der Waals surface area (Å²) >= 11 is 0. The predicted octanol–water partition coefficient (Wildman–Crippen LogP) is -1.41. The maximum absolute atomic E-state index is 9.14. The standard InChI is InChI=1S/C6H6N6O/c1-11-6(8-9-10-11)12-3-5(13)2-7-4-12/h2-4H,1H3/p+1. The van der Waals surface area contributed by atoms with E-state index in [2.05, 4.69) is 20.5 Å². The minimum Gasteiger partial charge on any atom is -0.503 e. The molecule has 0 bridgehead atoms. The number of aromatic hydroxyl groups is 1. The van der Waals surface area contributed by atoms with Crippen molar-refractivity contribution < 1.29 is 9.67 Å². The zero-order valence-corrected chi connectivity index (χ0v) is 6.86. The summed E-state index contributed by atoms with van der Waals surface area (Å²) in [6.07, 6.45) is 4.31. The highest BCUT2D eigenvalue weighted by molar-refractivity contribution is 5.05. The summed E-state index contributed by atoms with van der Waals surface area (Å²) in [7, 11) is 1.70. The van der Waals surface area contributed by atoms with Crippen molar-refractivity contribution in [3.05, 3.63) is 18.7 Å². The van der Waals surface area contributed by atoms with Gasteiger partial charge < -0.3 is 5.11 Å². The monoisotopic (exact) mass is 179 g/mol. The van der Waals surface area contributed by atoms with Crippen molar-refractivity contribution in [3.63, 3.8) is 0 Å². The second-order valence-electron chi connectivity index (χ2n) is 2.46. The van der Waals surface area contributed by atoms with Gasteiger partial charge in [-0.3, -0.25) is 0 Å². The maximum atomic E-state index is 9.14. The van der Waals surface area contributed by atoms with Crippen molar-refractivity contribution >= 4 is 0 Å². The highest BCUT2D eigenvalue weighted by Crippen LogP contribution is 1.99. The lowest BCUT2D eigenvalue weighted by Crippen LogP contribution is -2.34. The summed E-state index contributed by atoms with van der Waals surface area (Å²) in [5.74, 6) is 0.550. The van der Waals surface area contributed by atoms with Crippen molar-refractivity contribution in [2.24, 2.45) is 7.05 Å². The van der Waals surface area contributed by atoms with Gasteiger partial charge in [0.2, 0.25) is 0 Å². The van der Waals surface area contributed by atoms with E-state index in [4.69, 9.17) is 5.11 Å². The Morgan fingerprint density at radius 2 is 2.38 bits per heavy atom. The molecule has 13 heavy (non-hydrogen) atoms. The Morgan fingerprint density at radius 3 is 3.00 bits per heavy atom. The molecule has 7 heteroatoms. The number of hydrogen-bond donors (Lipinski definition) is 1. The average Bonchev–Trinajstić information content (AvgIpc) is 2.51. The van der Waals surface area contributed by atoms with Crippen molar-refractivity contribution in [1.29, 1.82) is 0 Å². The van der Waals surface area contributed by atoms with Gasteiger partial charge in [-0.2, -0.15) is 4.57 Å². The van der Waals surface area contributed by atoms with Crippen LogP contribution >= 0.6 is 0 Å². The largest absolute Gasteiger partial charge is 0.503 e. The number of tetrazole rings is 1. The van der Waals surface area contributed by atoms with Crippen LogP contribution in [0.25, 0.3) is 5.95 Å². The second kappa shape index (κ2) is 2.77. The van der Waals surface area contributed by atoms with E-state index in [-0.39, 0.29) is 5.75 Å². The number of nitrogens with zero attached hydrogens (tertiary/aromatic N) is 6. The molecule has 0 aliphatic rings. The molecule has 2 aromatic rings. The van der Waals surface area contributed by atoms with Gasteiger partial charge in [-0.1, -0.05) is 0 Å². The van der Waals surface area contributed by atoms with E-state index in [0.717, 1.165) is 0 Å². The highest BCUT2D eigenvalue weighted by atomic mass is 16.3. The quantitative estimate of drug-likeness (QED) is 0.544. The van der Waals surface area contributed by atoms with E-state index in [9.17, 15) is 0 Å². The summed E-state index contributed by atoms with van der Waals surface area (Å²) in [5.41, 5.74) is 0. The topological polar surface area (TPSA) is 80.6 Å². The van der Waals surface area contributed by atoms with Crippen LogP contribution in [0.1, 0.15) is 0 Å². The molecule has 0 fully saturated rings. The number of hydrogen-bond acceptors (Lipinski definition) is 5. The van der Waals surface area contributed by atoms with Gasteiger partial charge in [0.25, 0.3) is 0 Å². The molecule has 2 rings (SSSR count). The Morgan fingerprint density at radius 1 is 1.54 bits per heavy atom. The normalized spacial score (nSPS) is 10.2. The molecular weight excluding hydrogens is 172 g/mol.